The molecule has 0 aliphatic carbocycles. The Labute approximate surface area is 804 Å². The van der Waals surface area contributed by atoms with Crippen LogP contribution in [0.1, 0.15) is 83.1 Å². The van der Waals surface area contributed by atoms with Crippen LogP contribution in [0.4, 0.5) is 83.5 Å². The Hall–Kier alpha value is -18.0. The second kappa shape index (κ2) is 44.7. The van der Waals surface area contributed by atoms with Crippen LogP contribution in [0.3, 0.4) is 0 Å². The Kier molecular flexibility index (Phi) is 31.2. The lowest BCUT2D eigenvalue weighted by Crippen LogP contribution is -2.13. The maximum Gasteiger partial charge on any atom is 0.332 e. The average molecular weight is 1910 g/mol. The number of aryl methyl sites for hydroxylation is 2. The SMILES string of the molecule is CCc1ccccc1N=Cc1c(O)c(C(=O)Nc2ccccc2)cc2ccccc12.COc1ccccc1NC(=O)c1cc(C=Nc2ccc(NC(C)=O)cc2)c2ccccc2c1.Cc1ccc(Nc2ccc([N+](=O)[O-])cc2[N+](=O)[O-])cc1N=Cc1c(O)c(C(=O)Nc2ccccc2)cc2ccccc12.O=C(Nc1ccc(S(=O)(=O)F)cc1)c1cc(N=Nc2cc(Cl)ccc2Cl)c2ccccc2c1O. The number of ether oxygens (including phenoxy) is 1. The van der Waals surface area contributed by atoms with Gasteiger partial charge in [-0.2, -0.15) is 8.42 Å². The summed E-state index contributed by atoms with van der Waals surface area (Å²) in [4.78, 5) is 97.6. The molecule has 0 atom stereocenters. The molecule has 0 unspecified atom stereocenters. The number of nitro groups is 2. The van der Waals surface area contributed by atoms with Gasteiger partial charge in [-0.1, -0.05) is 200 Å². The minimum Gasteiger partial charge on any atom is -0.506 e. The number of rotatable bonds is 24. The van der Waals surface area contributed by atoms with E-state index >= 15 is 0 Å². The number of amides is 5. The summed E-state index contributed by atoms with van der Waals surface area (Å²) in [5, 5.41) is 87.3. The summed E-state index contributed by atoms with van der Waals surface area (Å²) < 4.78 is 40.4. The first-order valence-corrected chi connectivity index (χ1v) is 44.7. The van der Waals surface area contributed by atoms with E-state index in [4.69, 9.17) is 27.9 Å². The van der Waals surface area contributed by atoms with Crippen LogP contribution >= 0.6 is 23.2 Å². The first kappa shape index (κ1) is 97.0. The van der Waals surface area contributed by atoms with Crippen molar-refractivity contribution < 1.29 is 66.2 Å². The molecule has 5 amide bonds. The molecule has 17 aromatic rings. The number of hydrogen-bond donors (Lipinski definition) is 9. The van der Waals surface area contributed by atoms with Crippen LogP contribution in [0.15, 0.2) is 370 Å². The summed E-state index contributed by atoms with van der Waals surface area (Å²) in [5.74, 6) is -1.91. The topological polar surface area (TPSA) is 410 Å². The predicted molar refractivity (Wildman–Crippen MR) is 546 cm³/mol. The quantitative estimate of drug-likeness (QED) is 0.00892. The van der Waals surface area contributed by atoms with E-state index in [9.17, 15) is 71.8 Å². The van der Waals surface area contributed by atoms with Crippen molar-refractivity contribution in [2.75, 3.05) is 39.0 Å². The maximum atomic E-state index is 13.1. The van der Waals surface area contributed by atoms with Crippen LogP contribution in [-0.4, -0.2) is 88.9 Å². The molecule has 28 nitrogen and oxygen atoms in total. The number of nitrogens with one attached hydrogen (secondary N) is 6. The molecule has 0 saturated heterocycles. The molecule has 0 bridgehead atoms. The zero-order chi connectivity index (χ0) is 98.4. The van der Waals surface area contributed by atoms with Gasteiger partial charge in [-0.25, -0.2) is 0 Å². The molecule has 0 aromatic heterocycles. The van der Waals surface area contributed by atoms with Crippen molar-refractivity contribution in [3.8, 4) is 23.0 Å². The summed E-state index contributed by atoms with van der Waals surface area (Å²) in [6.07, 6.45) is 5.72. The van der Waals surface area contributed by atoms with Gasteiger partial charge >= 0.3 is 10.2 Å². The number of azo groups is 1. The first-order chi connectivity index (χ1) is 67.0. The number of fused-ring (bicyclic) bond motifs is 4. The minimum atomic E-state index is -4.87. The molecule has 0 saturated carbocycles. The number of non-ortho nitro benzene ring substituents is 1. The summed E-state index contributed by atoms with van der Waals surface area (Å²) in [7, 11) is -3.30. The minimum absolute atomic E-state index is 0.0742. The van der Waals surface area contributed by atoms with E-state index in [1.807, 2.05) is 165 Å². The van der Waals surface area contributed by atoms with Gasteiger partial charge < -0.3 is 52.0 Å². The summed E-state index contributed by atoms with van der Waals surface area (Å²) in [6.45, 7) is 5.37. The summed E-state index contributed by atoms with van der Waals surface area (Å²) in [6, 6.07) is 96.1. The van der Waals surface area contributed by atoms with Gasteiger partial charge in [-0.3, -0.25) is 59.2 Å². The van der Waals surface area contributed by atoms with Crippen LogP contribution in [0.5, 0.6) is 23.0 Å². The summed E-state index contributed by atoms with van der Waals surface area (Å²) in [5.41, 5.74) is 9.41. The van der Waals surface area contributed by atoms with Crippen molar-refractivity contribution in [2.45, 2.75) is 32.1 Å². The fraction of sp³-hybridized carbons (Fsp3) is 0.0467. The third kappa shape index (κ3) is 24.5. The number of nitro benzene ring substituents is 2. The molecule has 0 aliphatic rings. The second-order valence-corrected chi connectivity index (χ2v) is 33.0. The van der Waals surface area contributed by atoms with Crippen molar-refractivity contribution >= 4 is 204 Å². The Morgan fingerprint density at radius 3 is 1.50 bits per heavy atom. The van der Waals surface area contributed by atoms with E-state index in [1.165, 1.54) is 49.5 Å². The molecule has 17 aromatic carbocycles. The van der Waals surface area contributed by atoms with Crippen molar-refractivity contribution in [2.24, 2.45) is 25.2 Å². The zero-order valence-electron chi connectivity index (χ0n) is 74.2. The van der Waals surface area contributed by atoms with Gasteiger partial charge in [0.2, 0.25) is 5.91 Å². The fourth-order valence-electron chi connectivity index (χ4n) is 14.5. The van der Waals surface area contributed by atoms with Crippen LogP contribution in [0, 0.1) is 27.2 Å². The van der Waals surface area contributed by atoms with Crippen molar-refractivity contribution in [1.82, 2.24) is 0 Å². The van der Waals surface area contributed by atoms with Gasteiger partial charge in [0.1, 0.15) is 34.4 Å². The monoisotopic (exact) mass is 1910 g/mol. The third-order valence-electron chi connectivity index (χ3n) is 21.4. The normalized spacial score (nSPS) is 11.2. The Morgan fingerprint density at radius 2 is 0.928 bits per heavy atom. The number of benzene rings is 17. The number of nitrogens with zero attached hydrogens (tertiary/aromatic N) is 7. The largest absolute Gasteiger partial charge is 0.506 e. The average Bonchev–Trinajstić information content (AvgIpc) is 0.812. The van der Waals surface area contributed by atoms with E-state index in [0.29, 0.717) is 88.5 Å². The molecule has 692 valence electrons. The highest BCUT2D eigenvalue weighted by molar-refractivity contribution is 7.86. The van der Waals surface area contributed by atoms with E-state index in [2.05, 4.69) is 64.0 Å². The van der Waals surface area contributed by atoms with Crippen LogP contribution in [0.25, 0.3) is 43.1 Å². The highest BCUT2D eigenvalue weighted by atomic mass is 35.5. The number of halogens is 3. The lowest BCUT2D eigenvalue weighted by Gasteiger charge is -2.12. The molecule has 0 heterocycles. The number of methoxy groups -OCH3 is 1. The van der Waals surface area contributed by atoms with Crippen LogP contribution < -0.4 is 36.6 Å². The number of aliphatic imine (C=N–C) groups is 3. The van der Waals surface area contributed by atoms with Crippen LogP contribution in [-0.2, 0) is 21.4 Å². The second-order valence-electron chi connectivity index (χ2n) is 30.8. The van der Waals surface area contributed by atoms with E-state index in [-0.39, 0.29) is 68.7 Å². The highest BCUT2D eigenvalue weighted by Crippen LogP contribution is 2.42. The molecule has 0 fully saturated rings. The van der Waals surface area contributed by atoms with Crippen molar-refractivity contribution in [1.29, 1.82) is 0 Å². The van der Waals surface area contributed by atoms with Gasteiger partial charge in [0, 0.05) is 98.1 Å². The number of carbonyl (C=O) groups is 5. The van der Waals surface area contributed by atoms with Crippen LogP contribution in [0.2, 0.25) is 10.0 Å². The summed E-state index contributed by atoms with van der Waals surface area (Å²) >= 11 is 12.1. The lowest BCUT2D eigenvalue weighted by molar-refractivity contribution is -0.393. The van der Waals surface area contributed by atoms with Gasteiger partial charge in [0.15, 0.2) is 0 Å². The Balaban J connectivity index is 0.000000149. The van der Waals surface area contributed by atoms with Gasteiger partial charge in [-0.05, 0) is 215 Å². The fourth-order valence-corrected chi connectivity index (χ4v) is 15.3. The predicted octanol–water partition coefficient (Wildman–Crippen LogP) is 26.5. The number of anilines is 7. The molecule has 9 N–H and O–H groups in total. The molecule has 32 heteroatoms. The molecule has 0 radical (unpaired) electrons. The smallest absolute Gasteiger partial charge is 0.332 e. The van der Waals surface area contributed by atoms with Gasteiger partial charge in [0.25, 0.3) is 35.0 Å². The highest BCUT2D eigenvalue weighted by Gasteiger charge is 2.25. The molecule has 0 spiro atoms. The molecular formula is C107H82Cl2FN13O15S. The van der Waals surface area contributed by atoms with E-state index in [1.54, 1.807) is 147 Å². The molecule has 0 aliphatic heterocycles. The van der Waals surface area contributed by atoms with E-state index < -0.39 is 48.2 Å². The maximum absolute atomic E-state index is 13.1. The molecule has 17 rings (SSSR count). The van der Waals surface area contributed by atoms with Gasteiger partial charge in [0.05, 0.1) is 78.1 Å². The first-order valence-electron chi connectivity index (χ1n) is 42.6. The number of hydrogen-bond acceptors (Lipinski definition) is 21. The number of phenolic OH excluding ortho intramolecular Hbond substituents is 3. The zero-order valence-corrected chi connectivity index (χ0v) is 76.5. The molecular weight excluding hydrogens is 1830 g/mol. The Morgan fingerprint density at radius 1 is 0.432 bits per heavy atom. The number of phenols is 3. The van der Waals surface area contributed by atoms with Crippen molar-refractivity contribution in [3.05, 3.63) is 420 Å². The molecule has 139 heavy (non-hydrogen) atoms. The van der Waals surface area contributed by atoms with Gasteiger partial charge in [-0.15, -0.1) is 14.1 Å². The third-order valence-corrected chi connectivity index (χ3v) is 22.8. The Bertz CT molecular complexity index is 7860. The number of aromatic hydroxyl groups is 3. The van der Waals surface area contributed by atoms with E-state index in [0.717, 1.165) is 79.6 Å². The number of carbonyl (C=O) groups excluding carboxylic acids is 5. The number of para-hydroxylation sites is 5. The standard InChI is InChI=1S/C31H23N5O6.C27H23N3O3.C26H22N2O2.C23H14Cl2FN3O4S/c1-19-11-12-22(33-27-14-13-23(35(39)40)17-29(27)36(41)42)16-28(19)32-18-26-24-10-6-5-7-20(24)15-25(30(26)37)31(38)34-21-8-3-2-4-9-21;1-18(31)29-23-13-11-22(12-14-23)28-17-21-16-20(15-19-7-3-4-8-24(19)21)27(32)30-25-9-5-6-10-26(25)33-2;1-2-18-10-7-9-15-24(18)27-17-23-21-14-8-6-11-19(21)16-22(25(23)29)26(30)28-20-12-4-3-5-13-20;24-13-5-10-19(25)21(11-13)29-28-20-12-18(22(30)17-4-2-1-3-16(17)20)23(31)27-14-6-8-15(9-7-14)34(26,32)33/h2-18,33,37H,1H3,(H,34,38);3-17H,1-2H3,(H,29,31)(H,30,32);3-17,29H,2H2,1H3,(H,28,30);1-12,30H,(H,27,31). The lowest BCUT2D eigenvalue weighted by atomic mass is 9.99. The van der Waals surface area contributed by atoms with Crippen molar-refractivity contribution in [3.63, 3.8) is 0 Å².